The second kappa shape index (κ2) is 11.2. The van der Waals surface area contributed by atoms with Gasteiger partial charge in [-0.3, -0.25) is 0 Å². The van der Waals surface area contributed by atoms with Gasteiger partial charge in [0.05, 0.1) is 5.41 Å². The minimum atomic E-state index is -0.431. The zero-order valence-corrected chi connectivity index (χ0v) is 31.8. The van der Waals surface area contributed by atoms with E-state index in [9.17, 15) is 0 Å². The third-order valence-electron chi connectivity index (χ3n) is 13.5. The number of hydrogen-bond donors (Lipinski definition) is 0. The Hall–Kier alpha value is -7.68. The van der Waals surface area contributed by atoms with E-state index in [2.05, 4.69) is 182 Å². The first-order valence-electron chi connectivity index (χ1n) is 20.4. The first kappa shape index (κ1) is 31.4. The number of rotatable bonds is 2. The molecule has 14 rings (SSSR count). The predicted octanol–water partition coefficient (Wildman–Crippen LogP) is 15.3. The van der Waals surface area contributed by atoms with Crippen LogP contribution in [0.1, 0.15) is 22.3 Å². The van der Waals surface area contributed by atoms with Crippen molar-refractivity contribution < 1.29 is 9.15 Å². The first-order valence-corrected chi connectivity index (χ1v) is 20.4. The highest BCUT2D eigenvalue weighted by Crippen LogP contribution is 2.65. The lowest BCUT2D eigenvalue weighted by Crippen LogP contribution is -2.25. The van der Waals surface area contributed by atoms with Crippen LogP contribution in [0.3, 0.4) is 0 Å². The van der Waals surface area contributed by atoms with Crippen LogP contribution in [0.15, 0.2) is 199 Å². The van der Waals surface area contributed by atoms with E-state index in [4.69, 9.17) is 9.15 Å². The molecule has 2 heteroatoms. The third kappa shape index (κ3) is 3.91. The standard InChI is InChI=1S/C57H32O2/c1-2-13-35-33(12-1)26-29-48-53(35)41-14-3-6-21-45(41)57(48)46-22-7-4-15-42(46)54-36(17-10-23-47(54)57)34-27-30-50-44(32-34)40-19-9-18-38-37(28-31-52(59-50)55(38)40)39-20-11-25-51-56(39)43-16-5-8-24-49(43)58-51/h1-32H. The van der Waals surface area contributed by atoms with E-state index in [0.29, 0.717) is 0 Å². The van der Waals surface area contributed by atoms with Gasteiger partial charge in [0.1, 0.15) is 22.7 Å². The number of fused-ring (bicyclic) bond motifs is 17. The maximum Gasteiger partial charge on any atom is 0.136 e. The molecule has 59 heavy (non-hydrogen) atoms. The Labute approximate surface area is 340 Å². The summed E-state index contributed by atoms with van der Waals surface area (Å²) >= 11 is 0. The summed E-state index contributed by atoms with van der Waals surface area (Å²) in [4.78, 5) is 0. The summed E-state index contributed by atoms with van der Waals surface area (Å²) in [5.41, 5.74) is 19.0. The van der Waals surface area contributed by atoms with E-state index < -0.39 is 5.41 Å². The Bertz CT molecular complexity index is 3660. The van der Waals surface area contributed by atoms with Crippen LogP contribution < -0.4 is 4.74 Å². The number of ether oxygens (including phenoxy) is 1. The zero-order valence-electron chi connectivity index (χ0n) is 31.8. The van der Waals surface area contributed by atoms with Crippen LogP contribution in [-0.2, 0) is 5.41 Å². The van der Waals surface area contributed by atoms with Gasteiger partial charge in [-0.05, 0) is 119 Å². The van der Waals surface area contributed by atoms with Crippen molar-refractivity contribution in [3.05, 3.63) is 216 Å². The number of benzene rings is 10. The Morgan fingerprint density at radius 1 is 0.322 bits per heavy atom. The van der Waals surface area contributed by atoms with E-state index in [1.165, 1.54) is 77.5 Å². The lowest BCUT2D eigenvalue weighted by molar-refractivity contribution is 0.487. The summed E-state index contributed by atoms with van der Waals surface area (Å²) in [6.07, 6.45) is 0. The van der Waals surface area contributed by atoms with Gasteiger partial charge in [-0.25, -0.2) is 0 Å². The molecule has 1 aliphatic heterocycles. The van der Waals surface area contributed by atoms with Gasteiger partial charge in [0.2, 0.25) is 0 Å². The van der Waals surface area contributed by atoms with Crippen molar-refractivity contribution in [2.75, 3.05) is 0 Å². The van der Waals surface area contributed by atoms with E-state index in [1.807, 2.05) is 12.1 Å². The smallest absolute Gasteiger partial charge is 0.136 e. The van der Waals surface area contributed by atoms with Crippen LogP contribution in [-0.4, -0.2) is 0 Å². The van der Waals surface area contributed by atoms with Gasteiger partial charge in [0.15, 0.2) is 0 Å². The van der Waals surface area contributed by atoms with E-state index in [-0.39, 0.29) is 0 Å². The Morgan fingerprint density at radius 2 is 0.932 bits per heavy atom. The van der Waals surface area contributed by atoms with Crippen LogP contribution in [0.4, 0.5) is 0 Å². The Balaban J connectivity index is 0.988. The fourth-order valence-electron chi connectivity index (χ4n) is 11.2. The lowest BCUT2D eigenvalue weighted by atomic mass is 9.70. The van der Waals surface area contributed by atoms with Crippen LogP contribution in [0.5, 0.6) is 11.5 Å². The number of hydrogen-bond acceptors (Lipinski definition) is 2. The lowest BCUT2D eigenvalue weighted by Gasteiger charge is -2.30. The zero-order chi connectivity index (χ0) is 38.4. The fraction of sp³-hybridized carbons (Fsp3) is 0.0175. The van der Waals surface area contributed by atoms with Gasteiger partial charge in [-0.2, -0.15) is 0 Å². The summed E-state index contributed by atoms with van der Waals surface area (Å²) in [6.45, 7) is 0. The average Bonchev–Trinajstić information content (AvgIpc) is 3.94. The van der Waals surface area contributed by atoms with Crippen LogP contribution >= 0.6 is 0 Å². The molecule has 10 aromatic carbocycles. The predicted molar refractivity (Wildman–Crippen MR) is 241 cm³/mol. The molecule has 1 aromatic heterocycles. The molecule has 0 fully saturated rings. The summed E-state index contributed by atoms with van der Waals surface area (Å²) in [6, 6.07) is 71.2. The highest BCUT2D eigenvalue weighted by atomic mass is 16.5. The van der Waals surface area contributed by atoms with Crippen LogP contribution in [0.25, 0.3) is 99.1 Å². The summed E-state index contributed by atoms with van der Waals surface area (Å²) in [5, 5.41) is 7.13. The summed E-state index contributed by atoms with van der Waals surface area (Å²) < 4.78 is 13.1. The van der Waals surface area contributed by atoms with Crippen molar-refractivity contribution in [1.29, 1.82) is 0 Å². The van der Waals surface area contributed by atoms with Gasteiger partial charge < -0.3 is 9.15 Å². The number of furan rings is 1. The average molecular weight is 749 g/mol. The molecule has 0 saturated carbocycles. The molecular formula is C57H32O2. The molecular weight excluding hydrogens is 717 g/mol. The quantitative estimate of drug-likeness (QED) is 0.176. The van der Waals surface area contributed by atoms with Gasteiger partial charge in [0.25, 0.3) is 0 Å². The first-order chi connectivity index (χ1) is 29.3. The molecule has 2 heterocycles. The van der Waals surface area contributed by atoms with Gasteiger partial charge >= 0.3 is 0 Å². The SMILES string of the molecule is c1ccc2c(c1)-c1c(-c3ccc4c(c3)-c3cccc5c(-c6cccc7oc8ccccc8c67)ccc(c35)O4)cccc1C21c2ccccc2-c2c1ccc1ccccc21. The monoisotopic (exact) mass is 748 g/mol. The van der Waals surface area contributed by atoms with Crippen molar-refractivity contribution in [1.82, 2.24) is 0 Å². The molecule has 1 unspecified atom stereocenters. The normalized spacial score (nSPS) is 15.3. The van der Waals surface area contributed by atoms with Gasteiger partial charge in [-0.1, -0.05) is 164 Å². The second-order valence-electron chi connectivity index (χ2n) is 16.2. The second-order valence-corrected chi connectivity index (χ2v) is 16.2. The van der Waals surface area contributed by atoms with Gasteiger partial charge in [-0.15, -0.1) is 0 Å². The summed E-state index contributed by atoms with van der Waals surface area (Å²) in [7, 11) is 0. The molecule has 1 spiro atoms. The van der Waals surface area contributed by atoms with Crippen molar-refractivity contribution in [3.8, 4) is 67.1 Å². The van der Waals surface area contributed by atoms with E-state index in [1.54, 1.807) is 0 Å². The van der Waals surface area contributed by atoms with E-state index in [0.717, 1.165) is 55.3 Å². The molecule has 2 aliphatic carbocycles. The topological polar surface area (TPSA) is 22.4 Å². The Morgan fingerprint density at radius 3 is 1.81 bits per heavy atom. The largest absolute Gasteiger partial charge is 0.456 e. The van der Waals surface area contributed by atoms with Crippen molar-refractivity contribution in [2.24, 2.45) is 0 Å². The molecule has 272 valence electrons. The minimum absolute atomic E-state index is 0.431. The van der Waals surface area contributed by atoms with Crippen molar-refractivity contribution in [3.63, 3.8) is 0 Å². The molecule has 0 N–H and O–H groups in total. The third-order valence-corrected chi connectivity index (χ3v) is 13.5. The fourth-order valence-corrected chi connectivity index (χ4v) is 11.2. The molecule has 2 nitrogen and oxygen atoms in total. The minimum Gasteiger partial charge on any atom is -0.456 e. The maximum absolute atomic E-state index is 6.79. The molecule has 0 bridgehead atoms. The van der Waals surface area contributed by atoms with Crippen molar-refractivity contribution in [2.45, 2.75) is 5.41 Å². The highest BCUT2D eigenvalue weighted by molar-refractivity contribution is 6.18. The van der Waals surface area contributed by atoms with Crippen LogP contribution in [0, 0.1) is 0 Å². The van der Waals surface area contributed by atoms with Crippen LogP contribution in [0.2, 0.25) is 0 Å². The molecule has 3 aliphatic rings. The maximum atomic E-state index is 6.79. The molecule has 11 aromatic rings. The molecule has 0 amide bonds. The number of para-hydroxylation sites is 1. The molecule has 0 radical (unpaired) electrons. The van der Waals surface area contributed by atoms with Crippen molar-refractivity contribution >= 4 is 43.5 Å². The molecule has 0 saturated heterocycles. The Kier molecular flexibility index (Phi) is 5.99. The highest BCUT2D eigenvalue weighted by Gasteiger charge is 2.52. The van der Waals surface area contributed by atoms with Gasteiger partial charge in [0, 0.05) is 21.7 Å². The molecule has 1 atom stereocenters. The van der Waals surface area contributed by atoms with E-state index >= 15 is 0 Å². The summed E-state index contributed by atoms with van der Waals surface area (Å²) in [5.74, 6) is 1.76.